The predicted octanol–water partition coefficient (Wildman–Crippen LogP) is -6.80. The van der Waals surface area contributed by atoms with Crippen molar-refractivity contribution in [2.45, 2.75) is 267 Å². The Balaban J connectivity index is 1.04. The van der Waals surface area contributed by atoms with Gasteiger partial charge in [-0.2, -0.15) is 0 Å². The van der Waals surface area contributed by atoms with E-state index in [0.29, 0.717) is 25.7 Å². The van der Waals surface area contributed by atoms with Crippen LogP contribution in [0.2, 0.25) is 0 Å². The summed E-state index contributed by atoms with van der Waals surface area (Å²) >= 11 is 0. The molecule has 95 heavy (non-hydrogen) atoms. The van der Waals surface area contributed by atoms with Gasteiger partial charge in [-0.3, -0.25) is 9.59 Å². The number of hydrogen-bond acceptors (Lipinski definition) is 32. The first-order chi connectivity index (χ1) is 45.2. The topological polar surface area (TPSA) is 525 Å². The van der Waals surface area contributed by atoms with Crippen molar-refractivity contribution in [2.24, 2.45) is 23.7 Å². The van der Waals surface area contributed by atoms with Crippen LogP contribution in [0.15, 0.2) is 24.3 Å². The molecule has 9 rings (SSSR count). The van der Waals surface area contributed by atoms with Crippen LogP contribution in [0.25, 0.3) is 0 Å². The number of rotatable bonds is 23. The SMILES string of the molecule is COC1CC(C=CC(=O)OC2C(OC3C(OC4CC5C(OC6OC(COC(=O)CC(=O)O)C(O)C(O)C6O)CC(O)CC5[OH+]C4C4CCC(O)C(O)C4)OC(COC(=O)C=CC4CCC(O)CC4)C(O)C3O)OCC(O)C2OC2OC(CO)C(O)C(O)C2O)CC(OC)C1O. The van der Waals surface area contributed by atoms with Crippen molar-refractivity contribution in [3.8, 4) is 0 Å². The molecule has 0 aromatic rings. The molecule has 0 aromatic carbocycles. The number of carboxylic acids is 1. The molecule has 0 bridgehead atoms. The highest BCUT2D eigenvalue weighted by Gasteiger charge is 2.59. The zero-order chi connectivity index (χ0) is 68.7. The van der Waals surface area contributed by atoms with Crippen molar-refractivity contribution < 1.29 is 167 Å². The van der Waals surface area contributed by atoms with Crippen LogP contribution in [-0.2, 0) is 80.8 Å². The summed E-state index contributed by atoms with van der Waals surface area (Å²) in [6.45, 7) is -3.13. The maximum absolute atomic E-state index is 14.2. The van der Waals surface area contributed by atoms with Gasteiger partial charge in [-0.05, 0) is 76.0 Å². The van der Waals surface area contributed by atoms with Crippen molar-refractivity contribution in [3.05, 3.63) is 24.3 Å². The highest BCUT2D eigenvalue weighted by Crippen LogP contribution is 2.45. The van der Waals surface area contributed by atoms with E-state index in [1.807, 2.05) is 0 Å². The molecule has 0 aromatic heterocycles. The zero-order valence-corrected chi connectivity index (χ0v) is 52.5. The quantitative estimate of drug-likeness (QED) is 0.0149. The third kappa shape index (κ3) is 18.7. The molecule has 30 unspecified atom stereocenters. The number of fused-ring (bicyclic) bond motifs is 1. The number of methoxy groups -OCH3 is 2. The van der Waals surface area contributed by atoms with Gasteiger partial charge < -0.3 is 148 Å². The van der Waals surface area contributed by atoms with E-state index in [0.717, 1.165) is 6.08 Å². The number of ether oxygens (including phenoxy) is 14. The van der Waals surface area contributed by atoms with Gasteiger partial charge in [0.15, 0.2) is 43.5 Å². The standard InChI is InChI=1S/C61H94O34/c1-82-35-13-25(14-36(83-2)45(35)73)6-12-43(71)93-57-55(94-59-53(81)49(77)46(74)38(20-62)90-59)32(67)21-86-60(57)95-56-51(79)48(76)40(22-84-42(70)11-5-24-3-8-27(63)9-4-24)92-61(56)89-37-18-29-33(87-54(37)26-7-10-30(65)31(66)15-26)16-28(64)17-34(29)88-58-52(80)50(78)47(75)39(91-58)23-85-44(72)19-41(68)69/h5-6,11-12,24-40,45-67,73-81H,3-4,7-10,13-23H2,1-2H3,(H,68,69)/p+1. The van der Waals surface area contributed by atoms with Gasteiger partial charge in [0.25, 0.3) is 0 Å². The molecule has 9 fully saturated rings. The summed E-state index contributed by atoms with van der Waals surface area (Å²) in [5.74, 6) is -6.62. The summed E-state index contributed by atoms with van der Waals surface area (Å²) in [4.78, 5) is 50.9. The lowest BCUT2D eigenvalue weighted by atomic mass is 9.72. The number of carbonyl (C=O) groups excluding carboxylic acids is 3. The Hall–Kier alpha value is -3.68. The first-order valence-corrected chi connectivity index (χ1v) is 32.5. The van der Waals surface area contributed by atoms with Crippen LogP contribution in [0.3, 0.4) is 0 Å². The average molecular weight is 1370 g/mol. The molecule has 34 nitrogen and oxygen atoms in total. The van der Waals surface area contributed by atoms with Crippen LogP contribution >= 0.6 is 0 Å². The van der Waals surface area contributed by atoms with Crippen LogP contribution in [0.1, 0.15) is 83.5 Å². The van der Waals surface area contributed by atoms with E-state index in [1.165, 1.54) is 26.4 Å². The second-order valence-corrected chi connectivity index (χ2v) is 26.3. The van der Waals surface area contributed by atoms with Gasteiger partial charge in [-0.15, -0.1) is 0 Å². The summed E-state index contributed by atoms with van der Waals surface area (Å²) in [7, 11) is 2.79. The number of allylic oxidation sites excluding steroid dienone is 2. The van der Waals surface area contributed by atoms with E-state index < -0.39 is 258 Å². The fraction of sp³-hybridized carbons (Fsp3) is 0.869. The Kier molecular flexibility index (Phi) is 27.1. The number of carbonyl (C=O) groups is 4. The molecule has 34 heteroatoms. The molecule has 5 heterocycles. The number of esters is 3. The van der Waals surface area contributed by atoms with Crippen LogP contribution in [0, 0.1) is 23.7 Å². The van der Waals surface area contributed by atoms with E-state index in [1.54, 1.807) is 6.08 Å². The number of aliphatic carboxylic acids is 1. The van der Waals surface area contributed by atoms with Crippen LogP contribution in [-0.4, -0.2) is 335 Å². The van der Waals surface area contributed by atoms with Gasteiger partial charge in [-0.1, -0.05) is 12.2 Å². The van der Waals surface area contributed by atoms with Crippen LogP contribution in [0.4, 0.5) is 0 Å². The molecule has 30 atom stereocenters. The molecular weight excluding hydrogens is 1280 g/mol. The highest BCUT2D eigenvalue weighted by molar-refractivity contribution is 5.90. The van der Waals surface area contributed by atoms with Gasteiger partial charge in [-0.25, -0.2) is 9.59 Å². The summed E-state index contributed by atoms with van der Waals surface area (Å²) < 4.78 is 82.6. The molecule has 9 aliphatic rings. The van der Waals surface area contributed by atoms with Crippen LogP contribution < -0.4 is 0 Å². The molecule has 5 aliphatic heterocycles. The van der Waals surface area contributed by atoms with E-state index in [9.17, 15) is 95.8 Å². The molecule has 0 spiro atoms. The summed E-state index contributed by atoms with van der Waals surface area (Å²) in [6, 6.07) is 0. The van der Waals surface area contributed by atoms with Crippen molar-refractivity contribution in [1.82, 2.24) is 0 Å². The maximum Gasteiger partial charge on any atom is 0.330 e. The molecule has 542 valence electrons. The molecule has 0 radical (unpaired) electrons. The van der Waals surface area contributed by atoms with Gasteiger partial charge in [0.2, 0.25) is 0 Å². The zero-order valence-electron chi connectivity index (χ0n) is 52.5. The fourth-order valence-corrected chi connectivity index (χ4v) is 14.4. The smallest absolute Gasteiger partial charge is 0.330 e. The van der Waals surface area contributed by atoms with Gasteiger partial charge >= 0.3 is 23.9 Å². The number of aliphatic hydroxyl groups excluding tert-OH is 15. The monoisotopic (exact) mass is 1370 g/mol. The lowest BCUT2D eigenvalue weighted by Gasteiger charge is -2.51. The third-order valence-corrected chi connectivity index (χ3v) is 19.8. The Morgan fingerprint density at radius 2 is 1.06 bits per heavy atom. The number of aliphatic hydroxyl groups is 17. The second-order valence-electron chi connectivity index (χ2n) is 26.3. The van der Waals surface area contributed by atoms with Crippen molar-refractivity contribution in [3.63, 3.8) is 0 Å². The summed E-state index contributed by atoms with van der Waals surface area (Å²) in [5.41, 5.74) is 0. The Labute approximate surface area is 545 Å². The summed E-state index contributed by atoms with van der Waals surface area (Å²) in [5, 5.41) is 175. The minimum absolute atomic E-state index is 0.0298. The largest absolute Gasteiger partial charge is 0.481 e. The molecule has 4 aliphatic carbocycles. The maximum atomic E-state index is 14.2. The van der Waals surface area contributed by atoms with Gasteiger partial charge in [0.1, 0.15) is 117 Å². The minimum Gasteiger partial charge on any atom is -0.481 e. The summed E-state index contributed by atoms with van der Waals surface area (Å²) in [6.07, 6.45) is -39.4. The Bertz CT molecular complexity index is 2510. The Morgan fingerprint density at radius 1 is 0.484 bits per heavy atom. The van der Waals surface area contributed by atoms with E-state index >= 15 is 0 Å². The normalized spacial score (nSPS) is 46.8. The van der Waals surface area contributed by atoms with Crippen molar-refractivity contribution >= 4 is 23.9 Å². The molecule has 0 amide bonds. The van der Waals surface area contributed by atoms with Crippen molar-refractivity contribution in [1.29, 1.82) is 0 Å². The molecular formula is C61H95O34+. The number of hydrogen-bond donors (Lipinski definition) is 16. The van der Waals surface area contributed by atoms with E-state index in [4.69, 9.17) is 71.4 Å². The molecule has 17 N–H and O–H groups in total. The lowest BCUT2D eigenvalue weighted by molar-refractivity contribution is -0.391. The lowest BCUT2D eigenvalue weighted by Crippen LogP contribution is -2.66. The van der Waals surface area contributed by atoms with Crippen molar-refractivity contribution in [2.75, 3.05) is 40.6 Å². The molecule has 4 saturated carbocycles. The minimum atomic E-state index is -2.13. The van der Waals surface area contributed by atoms with E-state index in [2.05, 4.69) is 0 Å². The first-order valence-electron chi connectivity index (χ1n) is 32.5. The number of carboxylic acid groups (broad SMARTS) is 1. The molecule has 5 saturated heterocycles. The average Bonchev–Trinajstić information content (AvgIpc) is 0.836. The predicted molar refractivity (Wildman–Crippen MR) is 309 cm³/mol. The van der Waals surface area contributed by atoms with Crippen LogP contribution in [0.5, 0.6) is 0 Å². The second kappa shape index (κ2) is 34.1. The van der Waals surface area contributed by atoms with Gasteiger partial charge in [0, 0.05) is 45.1 Å². The highest BCUT2D eigenvalue weighted by atomic mass is 16.8. The Morgan fingerprint density at radius 3 is 1.71 bits per heavy atom. The third-order valence-electron chi connectivity index (χ3n) is 19.8. The fourth-order valence-electron chi connectivity index (χ4n) is 14.4. The first kappa shape index (κ1) is 75.5. The van der Waals surface area contributed by atoms with Gasteiger partial charge in [0.05, 0.1) is 61.9 Å². The van der Waals surface area contributed by atoms with E-state index in [-0.39, 0.29) is 57.3 Å².